The summed E-state index contributed by atoms with van der Waals surface area (Å²) in [4.78, 5) is 4.34. The molecule has 0 saturated heterocycles. The van der Waals surface area contributed by atoms with Gasteiger partial charge in [0.1, 0.15) is 0 Å². The Bertz CT molecular complexity index is 134. The first-order valence-electron chi connectivity index (χ1n) is 3.60. The van der Waals surface area contributed by atoms with Gasteiger partial charge in [0.25, 0.3) is 0 Å². The molecule has 1 heterocycles. The minimum absolute atomic E-state index is 0.520. The quantitative estimate of drug-likeness (QED) is 0.471. The van der Waals surface area contributed by atoms with Crippen molar-refractivity contribution in [3.05, 3.63) is 0 Å². The van der Waals surface area contributed by atoms with Crippen LogP contribution in [-0.4, -0.2) is 12.3 Å². The lowest BCUT2D eigenvalue weighted by atomic mass is 9.82. The molecule has 0 bridgehead atoms. The number of aliphatic imine (C=N–C) groups is 1. The highest BCUT2D eigenvalue weighted by atomic mass is 14.8. The van der Waals surface area contributed by atoms with E-state index in [1.165, 1.54) is 18.6 Å². The fourth-order valence-electron chi connectivity index (χ4n) is 1.39. The van der Waals surface area contributed by atoms with Crippen LogP contribution in [0.15, 0.2) is 4.99 Å². The average Bonchev–Trinajstić information content (AvgIpc) is 1.60. The first kappa shape index (κ1) is 6.79. The summed E-state index contributed by atoms with van der Waals surface area (Å²) in [6.07, 6.45) is 2.44. The van der Waals surface area contributed by atoms with Crippen molar-refractivity contribution < 1.29 is 0 Å². The lowest BCUT2D eigenvalue weighted by molar-refractivity contribution is 0.343. The van der Waals surface area contributed by atoms with Crippen molar-refractivity contribution in [3.63, 3.8) is 0 Å². The van der Waals surface area contributed by atoms with Crippen LogP contribution in [0.1, 0.15) is 33.6 Å². The van der Waals surface area contributed by atoms with E-state index in [4.69, 9.17) is 0 Å². The van der Waals surface area contributed by atoms with Gasteiger partial charge in [-0.25, -0.2) is 0 Å². The van der Waals surface area contributed by atoms with Crippen LogP contribution in [0.25, 0.3) is 0 Å². The van der Waals surface area contributed by atoms with Gasteiger partial charge in [0.15, 0.2) is 0 Å². The van der Waals surface area contributed by atoms with Crippen molar-refractivity contribution in [3.8, 4) is 0 Å². The van der Waals surface area contributed by atoms with Crippen molar-refractivity contribution in [2.24, 2.45) is 10.4 Å². The van der Waals surface area contributed by atoms with E-state index in [0.29, 0.717) is 5.41 Å². The molecule has 0 atom stereocenters. The van der Waals surface area contributed by atoms with Crippen LogP contribution in [0.4, 0.5) is 0 Å². The zero-order valence-electron chi connectivity index (χ0n) is 6.57. The Balaban J connectivity index is 2.59. The second-order valence-electron chi connectivity index (χ2n) is 3.71. The van der Waals surface area contributed by atoms with Gasteiger partial charge in [0.05, 0.1) is 0 Å². The summed E-state index contributed by atoms with van der Waals surface area (Å²) in [5.41, 5.74) is 1.84. The zero-order chi connectivity index (χ0) is 6.91. The van der Waals surface area contributed by atoms with Gasteiger partial charge in [0.2, 0.25) is 0 Å². The summed E-state index contributed by atoms with van der Waals surface area (Å²) in [5.74, 6) is 0. The van der Waals surface area contributed by atoms with Crippen LogP contribution in [0.5, 0.6) is 0 Å². The molecule has 0 aliphatic carbocycles. The molecule has 0 aromatic heterocycles. The largest absolute Gasteiger partial charge is 0.294 e. The van der Waals surface area contributed by atoms with E-state index in [1.54, 1.807) is 0 Å². The van der Waals surface area contributed by atoms with Gasteiger partial charge in [-0.1, -0.05) is 13.8 Å². The Morgan fingerprint density at radius 1 is 1.44 bits per heavy atom. The Labute approximate surface area is 57.2 Å². The first-order valence-corrected chi connectivity index (χ1v) is 3.60. The molecule has 1 nitrogen and oxygen atoms in total. The maximum absolute atomic E-state index is 4.34. The third kappa shape index (κ3) is 1.81. The molecule has 1 aliphatic heterocycles. The molecular formula is C8H15N. The molecule has 0 N–H and O–H groups in total. The lowest BCUT2D eigenvalue weighted by Gasteiger charge is -2.27. The van der Waals surface area contributed by atoms with Gasteiger partial charge in [0, 0.05) is 12.3 Å². The lowest BCUT2D eigenvalue weighted by Crippen LogP contribution is -2.21. The highest BCUT2D eigenvalue weighted by Gasteiger charge is 2.21. The van der Waals surface area contributed by atoms with E-state index in [2.05, 4.69) is 25.8 Å². The molecule has 1 heteroatoms. The Hall–Kier alpha value is -0.330. The van der Waals surface area contributed by atoms with Crippen LogP contribution in [0.2, 0.25) is 0 Å². The molecule has 9 heavy (non-hydrogen) atoms. The topological polar surface area (TPSA) is 12.4 Å². The van der Waals surface area contributed by atoms with Crippen LogP contribution >= 0.6 is 0 Å². The minimum Gasteiger partial charge on any atom is -0.294 e. The monoisotopic (exact) mass is 125 g/mol. The van der Waals surface area contributed by atoms with E-state index in [0.717, 1.165) is 6.54 Å². The molecule has 0 spiro atoms. The van der Waals surface area contributed by atoms with Crippen LogP contribution in [0, 0.1) is 5.41 Å². The molecular weight excluding hydrogens is 110 g/mol. The normalized spacial score (nSPS) is 25.4. The summed E-state index contributed by atoms with van der Waals surface area (Å²) < 4.78 is 0. The number of nitrogens with zero attached hydrogens (tertiary/aromatic N) is 1. The third-order valence-electron chi connectivity index (χ3n) is 1.90. The Morgan fingerprint density at radius 2 is 2.11 bits per heavy atom. The zero-order valence-corrected chi connectivity index (χ0v) is 6.57. The maximum Gasteiger partial charge on any atom is 0.0393 e. The number of rotatable bonds is 0. The van der Waals surface area contributed by atoms with Crippen molar-refractivity contribution in [1.29, 1.82) is 0 Å². The second-order valence-corrected chi connectivity index (χ2v) is 3.71. The highest BCUT2D eigenvalue weighted by Crippen LogP contribution is 2.28. The number of hydrogen-bond acceptors (Lipinski definition) is 1. The standard InChI is InChI=1S/C8H15N/c1-7-6-8(2,3)4-5-9-7/h4-6H2,1-3H3. The van der Waals surface area contributed by atoms with Crippen LogP contribution < -0.4 is 0 Å². The smallest absolute Gasteiger partial charge is 0.0393 e. The van der Waals surface area contributed by atoms with Crippen molar-refractivity contribution in [2.45, 2.75) is 33.6 Å². The molecule has 1 rings (SSSR count). The number of hydrogen-bond donors (Lipinski definition) is 0. The molecule has 0 aromatic carbocycles. The molecule has 0 unspecified atom stereocenters. The highest BCUT2D eigenvalue weighted by molar-refractivity contribution is 5.83. The van der Waals surface area contributed by atoms with Crippen LogP contribution in [0.3, 0.4) is 0 Å². The summed E-state index contributed by atoms with van der Waals surface area (Å²) >= 11 is 0. The van der Waals surface area contributed by atoms with E-state index in [9.17, 15) is 0 Å². The molecule has 1 aliphatic rings. The van der Waals surface area contributed by atoms with Gasteiger partial charge in [-0.3, -0.25) is 4.99 Å². The fraction of sp³-hybridized carbons (Fsp3) is 0.875. The van der Waals surface area contributed by atoms with Gasteiger partial charge in [-0.05, 0) is 25.2 Å². The summed E-state index contributed by atoms with van der Waals surface area (Å²) in [6.45, 7) is 7.79. The van der Waals surface area contributed by atoms with Gasteiger partial charge < -0.3 is 0 Å². The first-order chi connectivity index (χ1) is 4.10. The third-order valence-corrected chi connectivity index (χ3v) is 1.90. The Morgan fingerprint density at radius 3 is 2.44 bits per heavy atom. The van der Waals surface area contributed by atoms with Crippen molar-refractivity contribution >= 4 is 5.71 Å². The van der Waals surface area contributed by atoms with Gasteiger partial charge in [-0.15, -0.1) is 0 Å². The van der Waals surface area contributed by atoms with Crippen LogP contribution in [-0.2, 0) is 0 Å². The molecule has 0 amide bonds. The van der Waals surface area contributed by atoms with Crippen molar-refractivity contribution in [2.75, 3.05) is 6.54 Å². The molecule has 0 fully saturated rings. The summed E-state index contributed by atoms with van der Waals surface area (Å²) in [7, 11) is 0. The predicted octanol–water partition coefficient (Wildman–Crippen LogP) is 2.27. The van der Waals surface area contributed by atoms with Crippen molar-refractivity contribution in [1.82, 2.24) is 0 Å². The second kappa shape index (κ2) is 2.13. The molecule has 0 aromatic rings. The Kier molecular flexibility index (Phi) is 1.60. The van der Waals surface area contributed by atoms with E-state index in [1.807, 2.05) is 0 Å². The summed E-state index contributed by atoms with van der Waals surface area (Å²) in [5, 5.41) is 0. The predicted molar refractivity (Wildman–Crippen MR) is 41.0 cm³/mol. The molecule has 0 radical (unpaired) electrons. The average molecular weight is 125 g/mol. The fourth-order valence-corrected chi connectivity index (χ4v) is 1.39. The van der Waals surface area contributed by atoms with E-state index >= 15 is 0 Å². The van der Waals surface area contributed by atoms with E-state index < -0.39 is 0 Å². The maximum atomic E-state index is 4.34. The van der Waals surface area contributed by atoms with E-state index in [-0.39, 0.29) is 0 Å². The molecule has 0 saturated carbocycles. The van der Waals surface area contributed by atoms with Gasteiger partial charge >= 0.3 is 0 Å². The minimum atomic E-state index is 0.520. The SMILES string of the molecule is CC1=NCCC(C)(C)C1. The summed E-state index contributed by atoms with van der Waals surface area (Å²) in [6, 6.07) is 0. The van der Waals surface area contributed by atoms with Gasteiger partial charge in [-0.2, -0.15) is 0 Å². The molecule has 52 valence electrons.